The summed E-state index contributed by atoms with van der Waals surface area (Å²) in [4.78, 5) is 6.62. The van der Waals surface area contributed by atoms with Crippen molar-refractivity contribution in [1.82, 2.24) is 10.2 Å². The molecule has 0 aliphatic carbocycles. The second-order valence-electron chi connectivity index (χ2n) is 4.47. The highest BCUT2D eigenvalue weighted by Gasteiger charge is 2.28. The van der Waals surface area contributed by atoms with Gasteiger partial charge in [0, 0.05) is 25.6 Å². The van der Waals surface area contributed by atoms with Gasteiger partial charge >= 0.3 is 0 Å². The number of halogens is 2. The molecule has 0 bridgehead atoms. The molecule has 1 fully saturated rings. The van der Waals surface area contributed by atoms with Crippen LogP contribution in [0.2, 0.25) is 0 Å². The number of hydrogen-bond donors (Lipinski definition) is 1. The topological polar surface area (TPSA) is 51.4 Å². The van der Waals surface area contributed by atoms with Gasteiger partial charge < -0.3 is 35.0 Å². The van der Waals surface area contributed by atoms with Gasteiger partial charge in [-0.25, -0.2) is 0 Å². The Kier molecular flexibility index (Phi) is 7.53. The monoisotopic (exact) mass is 276 g/mol. The molecule has 0 amide bonds. The van der Waals surface area contributed by atoms with Crippen LogP contribution in [0.3, 0.4) is 0 Å². The van der Waals surface area contributed by atoms with E-state index < -0.39 is 0 Å². The molecule has 0 aromatic carbocycles. The highest BCUT2D eigenvalue weighted by Crippen LogP contribution is 2.16. The SMILES string of the molecule is CN1CCC(NC2=NCCC2)C(C#N)C1.[Cl-].[Cl-]. The van der Waals surface area contributed by atoms with Crippen LogP contribution in [0.15, 0.2) is 4.99 Å². The molecule has 0 spiro atoms. The van der Waals surface area contributed by atoms with Crippen molar-refractivity contribution in [3.05, 3.63) is 0 Å². The van der Waals surface area contributed by atoms with Crippen LogP contribution < -0.4 is 30.1 Å². The summed E-state index contributed by atoms with van der Waals surface area (Å²) in [5, 5.41) is 12.5. The Labute approximate surface area is 115 Å². The van der Waals surface area contributed by atoms with Gasteiger partial charge in [0.1, 0.15) is 0 Å². The molecule has 1 saturated heterocycles. The fourth-order valence-corrected chi connectivity index (χ4v) is 2.29. The van der Waals surface area contributed by atoms with Crippen LogP contribution in [-0.2, 0) is 0 Å². The van der Waals surface area contributed by atoms with Crippen LogP contribution in [0.5, 0.6) is 0 Å². The van der Waals surface area contributed by atoms with E-state index in [1.807, 2.05) is 0 Å². The minimum absolute atomic E-state index is 0. The maximum atomic E-state index is 9.10. The van der Waals surface area contributed by atoms with E-state index in [0.29, 0.717) is 6.04 Å². The average molecular weight is 277 g/mol. The molecule has 2 unspecified atom stereocenters. The van der Waals surface area contributed by atoms with Crippen molar-refractivity contribution in [2.45, 2.75) is 25.3 Å². The summed E-state index contributed by atoms with van der Waals surface area (Å²) in [6.45, 7) is 2.90. The summed E-state index contributed by atoms with van der Waals surface area (Å²) >= 11 is 0. The van der Waals surface area contributed by atoms with Gasteiger partial charge in [-0.2, -0.15) is 5.26 Å². The number of nitriles is 1. The first-order valence-corrected chi connectivity index (χ1v) is 5.67. The fourth-order valence-electron chi connectivity index (χ4n) is 2.29. The van der Waals surface area contributed by atoms with Crippen molar-refractivity contribution >= 4 is 5.84 Å². The molecule has 2 aliphatic rings. The summed E-state index contributed by atoms with van der Waals surface area (Å²) in [6.07, 6.45) is 3.27. The van der Waals surface area contributed by atoms with Crippen LogP contribution in [0, 0.1) is 17.2 Å². The lowest BCUT2D eigenvalue weighted by molar-refractivity contribution is -0.00100. The second kappa shape index (κ2) is 7.75. The standard InChI is InChI=1S/C11H18N4.2ClH/c1-15-6-4-10(9(7-12)8-15)14-11-3-2-5-13-11;;/h9-10H,2-6,8H2,1H3,(H,13,14);2*1H/p-2. The molecule has 2 heterocycles. The van der Waals surface area contributed by atoms with E-state index in [2.05, 4.69) is 28.3 Å². The van der Waals surface area contributed by atoms with Gasteiger partial charge in [0.15, 0.2) is 0 Å². The highest BCUT2D eigenvalue weighted by atomic mass is 35.5. The van der Waals surface area contributed by atoms with Crippen LogP contribution >= 0.6 is 0 Å². The van der Waals surface area contributed by atoms with Crippen LogP contribution in [0.25, 0.3) is 0 Å². The zero-order valence-electron chi connectivity index (χ0n) is 9.99. The number of hydrogen-bond acceptors (Lipinski definition) is 4. The largest absolute Gasteiger partial charge is 1.00 e. The summed E-state index contributed by atoms with van der Waals surface area (Å²) < 4.78 is 0. The lowest BCUT2D eigenvalue weighted by Crippen LogP contribution is -3.00. The molecule has 17 heavy (non-hydrogen) atoms. The molecule has 2 atom stereocenters. The molecule has 0 aromatic heterocycles. The normalized spacial score (nSPS) is 28.4. The first kappa shape index (κ1) is 16.5. The molecule has 2 aliphatic heterocycles. The van der Waals surface area contributed by atoms with Gasteiger partial charge in [-0.3, -0.25) is 4.99 Å². The third-order valence-electron chi connectivity index (χ3n) is 3.21. The van der Waals surface area contributed by atoms with E-state index in [1.54, 1.807) is 0 Å². The van der Waals surface area contributed by atoms with Gasteiger partial charge in [-0.15, -0.1) is 0 Å². The Balaban J connectivity index is 0.00000128. The fraction of sp³-hybridized carbons (Fsp3) is 0.818. The molecular weight excluding hydrogens is 259 g/mol. The zero-order chi connectivity index (χ0) is 10.7. The minimum atomic E-state index is 0. The number of likely N-dealkylation sites (tertiary alicyclic amines) is 1. The summed E-state index contributed by atoms with van der Waals surface area (Å²) in [5.74, 6) is 1.22. The first-order valence-electron chi connectivity index (χ1n) is 5.67. The Morgan fingerprint density at radius 1 is 1.47 bits per heavy atom. The van der Waals surface area contributed by atoms with Gasteiger partial charge in [0.2, 0.25) is 0 Å². The van der Waals surface area contributed by atoms with E-state index in [-0.39, 0.29) is 30.7 Å². The van der Waals surface area contributed by atoms with Crippen LogP contribution in [0.4, 0.5) is 0 Å². The van der Waals surface area contributed by atoms with Crippen molar-refractivity contribution in [2.75, 3.05) is 26.7 Å². The third-order valence-corrected chi connectivity index (χ3v) is 3.21. The molecule has 0 radical (unpaired) electrons. The number of aliphatic imine (C=N–C) groups is 1. The maximum absolute atomic E-state index is 9.10. The van der Waals surface area contributed by atoms with Gasteiger partial charge in [-0.1, -0.05) is 0 Å². The molecule has 98 valence electrons. The third kappa shape index (κ3) is 4.34. The number of piperidine rings is 1. The Bertz CT molecular complexity index is 300. The maximum Gasteiger partial charge on any atom is 0.0966 e. The molecule has 4 nitrogen and oxygen atoms in total. The van der Waals surface area contributed by atoms with Crippen molar-refractivity contribution in [2.24, 2.45) is 10.9 Å². The zero-order valence-corrected chi connectivity index (χ0v) is 11.5. The van der Waals surface area contributed by atoms with E-state index in [4.69, 9.17) is 5.26 Å². The van der Waals surface area contributed by atoms with E-state index in [0.717, 1.165) is 44.7 Å². The highest BCUT2D eigenvalue weighted by molar-refractivity contribution is 5.83. The Morgan fingerprint density at radius 3 is 2.82 bits per heavy atom. The second-order valence-corrected chi connectivity index (χ2v) is 4.47. The van der Waals surface area contributed by atoms with Crippen molar-refractivity contribution < 1.29 is 24.8 Å². The number of amidine groups is 1. The molecule has 0 saturated carbocycles. The summed E-state index contributed by atoms with van der Waals surface area (Å²) in [5.41, 5.74) is 0. The van der Waals surface area contributed by atoms with E-state index in [9.17, 15) is 0 Å². The lowest BCUT2D eigenvalue weighted by Gasteiger charge is -2.33. The lowest BCUT2D eigenvalue weighted by atomic mass is 9.93. The molecule has 6 heteroatoms. The smallest absolute Gasteiger partial charge is 0.0966 e. The first-order chi connectivity index (χ1) is 7.29. The van der Waals surface area contributed by atoms with Gasteiger partial charge in [0.25, 0.3) is 0 Å². The Morgan fingerprint density at radius 2 is 2.24 bits per heavy atom. The molecular formula is C11H18Cl2N4-2. The minimum Gasteiger partial charge on any atom is -1.00 e. The predicted molar refractivity (Wildman–Crippen MR) is 59.7 cm³/mol. The summed E-state index contributed by atoms with van der Waals surface area (Å²) in [7, 11) is 2.08. The van der Waals surface area contributed by atoms with Crippen molar-refractivity contribution in [3.63, 3.8) is 0 Å². The number of nitrogens with one attached hydrogen (secondary N) is 1. The van der Waals surface area contributed by atoms with E-state index in [1.165, 1.54) is 0 Å². The number of rotatable bonds is 1. The van der Waals surface area contributed by atoms with E-state index >= 15 is 0 Å². The van der Waals surface area contributed by atoms with Gasteiger partial charge in [0.05, 0.1) is 17.8 Å². The quantitative estimate of drug-likeness (QED) is 0.521. The van der Waals surface area contributed by atoms with Crippen LogP contribution in [-0.4, -0.2) is 43.5 Å². The summed E-state index contributed by atoms with van der Waals surface area (Å²) in [6, 6.07) is 2.71. The van der Waals surface area contributed by atoms with Gasteiger partial charge in [-0.05, 0) is 26.4 Å². The Hall–Kier alpha value is -0.500. The van der Waals surface area contributed by atoms with Crippen LogP contribution in [0.1, 0.15) is 19.3 Å². The molecule has 1 N–H and O–H groups in total. The van der Waals surface area contributed by atoms with Crippen molar-refractivity contribution in [3.8, 4) is 6.07 Å². The predicted octanol–water partition coefficient (Wildman–Crippen LogP) is -5.38. The molecule has 0 aromatic rings. The molecule has 2 rings (SSSR count). The number of nitrogens with zero attached hydrogens (tertiary/aromatic N) is 3. The average Bonchev–Trinajstić information content (AvgIpc) is 2.73. The van der Waals surface area contributed by atoms with Crippen molar-refractivity contribution in [1.29, 1.82) is 5.26 Å².